The van der Waals surface area contributed by atoms with Crippen LogP contribution in [-0.2, 0) is 0 Å². The molecule has 0 aliphatic rings. The Kier molecular flexibility index (Phi) is 4.77. The molecular formula is C14H8F5N3O2. The van der Waals surface area contributed by atoms with Crippen LogP contribution in [0.15, 0.2) is 53.2 Å². The van der Waals surface area contributed by atoms with Gasteiger partial charge in [0.25, 0.3) is 11.7 Å². The van der Waals surface area contributed by atoms with Crippen molar-refractivity contribution >= 4 is 17.7 Å². The molecule has 1 N–H and O–H groups in total. The van der Waals surface area contributed by atoms with Crippen molar-refractivity contribution in [3.63, 3.8) is 0 Å². The standard InChI is InChI=1S/C14H8F5N3O2/c15-10(14(17,18)19)11(16)22-7-6-9(21-13(22)24)20-12(23)8-4-2-1-3-5-8/h1-7H,(H,20,21,23,24)/b11-10-. The molecule has 0 aliphatic heterocycles. The lowest BCUT2D eigenvalue weighted by atomic mass is 10.2. The summed E-state index contributed by atoms with van der Waals surface area (Å²) in [6, 6.07) is 8.63. The molecule has 1 amide bonds. The van der Waals surface area contributed by atoms with Gasteiger partial charge in [-0.25, -0.2) is 9.36 Å². The maximum absolute atomic E-state index is 13.4. The Morgan fingerprint density at radius 2 is 1.71 bits per heavy atom. The Bertz CT molecular complexity index is 843. The van der Waals surface area contributed by atoms with Crippen LogP contribution in [0.3, 0.4) is 0 Å². The van der Waals surface area contributed by atoms with Crippen molar-refractivity contribution in [3.05, 3.63) is 64.5 Å². The molecule has 0 unspecified atom stereocenters. The van der Waals surface area contributed by atoms with E-state index in [1.807, 2.05) is 0 Å². The number of hydrogen-bond acceptors (Lipinski definition) is 3. The van der Waals surface area contributed by atoms with Gasteiger partial charge in [0.1, 0.15) is 5.82 Å². The number of alkyl halides is 3. The fourth-order valence-corrected chi connectivity index (χ4v) is 1.62. The van der Waals surface area contributed by atoms with Gasteiger partial charge >= 0.3 is 11.9 Å². The average molecular weight is 345 g/mol. The van der Waals surface area contributed by atoms with Crippen LogP contribution in [-0.4, -0.2) is 21.6 Å². The predicted octanol–water partition coefficient (Wildman–Crippen LogP) is 3.12. The van der Waals surface area contributed by atoms with Crippen LogP contribution in [0.5, 0.6) is 0 Å². The number of carbonyl (C=O) groups is 1. The second-order valence-corrected chi connectivity index (χ2v) is 4.39. The van der Waals surface area contributed by atoms with E-state index in [0.29, 0.717) is 6.20 Å². The summed E-state index contributed by atoms with van der Waals surface area (Å²) in [5.74, 6) is -6.48. The van der Waals surface area contributed by atoms with E-state index >= 15 is 0 Å². The van der Waals surface area contributed by atoms with Crippen molar-refractivity contribution in [2.24, 2.45) is 0 Å². The lowest BCUT2D eigenvalue weighted by Gasteiger charge is -2.08. The third-order valence-corrected chi connectivity index (χ3v) is 2.72. The fourth-order valence-electron chi connectivity index (χ4n) is 1.62. The summed E-state index contributed by atoms with van der Waals surface area (Å²) in [6.45, 7) is 0. The molecule has 0 saturated carbocycles. The topological polar surface area (TPSA) is 64.0 Å². The van der Waals surface area contributed by atoms with E-state index in [2.05, 4.69) is 10.3 Å². The molecule has 0 atom stereocenters. The highest BCUT2D eigenvalue weighted by molar-refractivity contribution is 6.03. The number of anilines is 1. The minimum absolute atomic E-state index is 0.234. The summed E-state index contributed by atoms with van der Waals surface area (Å²) in [5, 5.41) is 2.21. The number of nitrogens with one attached hydrogen (secondary N) is 1. The number of hydrogen-bond donors (Lipinski definition) is 1. The molecule has 126 valence electrons. The molecule has 24 heavy (non-hydrogen) atoms. The van der Waals surface area contributed by atoms with Crippen LogP contribution in [0, 0.1) is 0 Å². The normalized spacial score (nSPS) is 12.5. The van der Waals surface area contributed by atoms with Gasteiger partial charge in [0.2, 0.25) is 5.95 Å². The Morgan fingerprint density at radius 1 is 1.08 bits per heavy atom. The van der Waals surface area contributed by atoms with Crippen molar-refractivity contribution in [1.82, 2.24) is 9.55 Å². The Labute approximate surface area is 131 Å². The number of halogens is 5. The van der Waals surface area contributed by atoms with Gasteiger partial charge in [-0.15, -0.1) is 0 Å². The minimum atomic E-state index is -5.58. The first-order valence-electron chi connectivity index (χ1n) is 6.29. The van der Waals surface area contributed by atoms with Gasteiger partial charge in [0.05, 0.1) is 0 Å². The van der Waals surface area contributed by atoms with E-state index in [-0.39, 0.29) is 15.9 Å². The summed E-state index contributed by atoms with van der Waals surface area (Å²) in [6.07, 6.45) is -5.06. The molecule has 1 aromatic heterocycles. The molecule has 0 fully saturated rings. The van der Waals surface area contributed by atoms with Crippen molar-refractivity contribution in [2.45, 2.75) is 6.18 Å². The third-order valence-electron chi connectivity index (χ3n) is 2.72. The number of amides is 1. The van der Waals surface area contributed by atoms with Crippen molar-refractivity contribution in [3.8, 4) is 0 Å². The highest BCUT2D eigenvalue weighted by atomic mass is 19.4. The lowest BCUT2D eigenvalue weighted by Crippen LogP contribution is -2.25. The van der Waals surface area contributed by atoms with E-state index < -0.39 is 29.6 Å². The summed E-state index contributed by atoms with van der Waals surface area (Å²) >= 11 is 0. The molecule has 2 rings (SSSR count). The highest BCUT2D eigenvalue weighted by Gasteiger charge is 2.39. The maximum atomic E-state index is 13.4. The highest BCUT2D eigenvalue weighted by Crippen LogP contribution is 2.31. The van der Waals surface area contributed by atoms with Gasteiger partial charge in [-0.3, -0.25) is 4.79 Å². The Balaban J connectivity index is 2.28. The second kappa shape index (κ2) is 6.60. The van der Waals surface area contributed by atoms with Crippen molar-refractivity contribution in [1.29, 1.82) is 0 Å². The Morgan fingerprint density at radius 3 is 2.25 bits per heavy atom. The summed E-state index contributed by atoms with van der Waals surface area (Å²) in [5.41, 5.74) is -1.30. The zero-order valence-electron chi connectivity index (χ0n) is 11.6. The number of nitrogens with zero attached hydrogens (tertiary/aromatic N) is 2. The van der Waals surface area contributed by atoms with E-state index in [0.717, 1.165) is 6.07 Å². The minimum Gasteiger partial charge on any atom is -0.306 e. The SMILES string of the molecule is O=C(Nc1ccn(/C(F)=C(\F)C(F)(F)F)c(=O)n1)c1ccccc1. The van der Waals surface area contributed by atoms with Gasteiger partial charge in [-0.05, 0) is 18.2 Å². The first-order valence-corrected chi connectivity index (χ1v) is 6.29. The van der Waals surface area contributed by atoms with Gasteiger partial charge in [-0.2, -0.15) is 26.9 Å². The molecule has 0 bridgehead atoms. The summed E-state index contributed by atoms with van der Waals surface area (Å²) in [7, 11) is 0. The molecule has 0 aliphatic carbocycles. The molecule has 1 heterocycles. The largest absolute Gasteiger partial charge is 0.447 e. The van der Waals surface area contributed by atoms with Crippen molar-refractivity contribution in [2.75, 3.05) is 5.32 Å². The molecule has 0 radical (unpaired) electrons. The van der Waals surface area contributed by atoms with Crippen molar-refractivity contribution < 1.29 is 26.7 Å². The number of rotatable bonds is 3. The van der Waals surface area contributed by atoms with Gasteiger partial charge in [0.15, 0.2) is 0 Å². The molecule has 2 aromatic rings. The van der Waals surface area contributed by atoms with Crippen LogP contribution in [0.1, 0.15) is 10.4 Å². The smallest absolute Gasteiger partial charge is 0.306 e. The zero-order chi connectivity index (χ0) is 17.9. The third kappa shape index (κ3) is 3.83. The van der Waals surface area contributed by atoms with Crippen LogP contribution in [0.4, 0.5) is 27.8 Å². The molecule has 10 heteroatoms. The van der Waals surface area contributed by atoms with E-state index in [9.17, 15) is 31.5 Å². The fraction of sp³-hybridized carbons (Fsp3) is 0.0714. The second-order valence-electron chi connectivity index (χ2n) is 4.39. The number of carbonyl (C=O) groups excluding carboxylic acids is 1. The zero-order valence-corrected chi connectivity index (χ0v) is 11.6. The predicted molar refractivity (Wildman–Crippen MR) is 74.4 cm³/mol. The monoisotopic (exact) mass is 345 g/mol. The molecule has 1 aromatic carbocycles. The molecule has 0 spiro atoms. The summed E-state index contributed by atoms with van der Waals surface area (Å²) in [4.78, 5) is 26.5. The molecule has 5 nitrogen and oxygen atoms in total. The van der Waals surface area contributed by atoms with Crippen LogP contribution >= 0.6 is 0 Å². The first kappa shape index (κ1) is 17.3. The van der Waals surface area contributed by atoms with E-state index in [1.165, 1.54) is 12.1 Å². The average Bonchev–Trinajstić information content (AvgIpc) is 2.53. The summed E-state index contributed by atoms with van der Waals surface area (Å²) < 4.78 is 62.2. The number of benzene rings is 1. The lowest BCUT2D eigenvalue weighted by molar-refractivity contribution is -0.109. The number of aromatic nitrogens is 2. The van der Waals surface area contributed by atoms with Gasteiger partial charge in [0, 0.05) is 11.8 Å². The van der Waals surface area contributed by atoms with E-state index in [4.69, 9.17) is 0 Å². The quantitative estimate of drug-likeness (QED) is 0.870. The Hall–Kier alpha value is -3.04. The first-order chi connectivity index (χ1) is 11.2. The molecule has 0 saturated heterocycles. The van der Waals surface area contributed by atoms with Gasteiger partial charge in [-0.1, -0.05) is 18.2 Å². The van der Waals surface area contributed by atoms with Crippen LogP contribution in [0.2, 0.25) is 0 Å². The van der Waals surface area contributed by atoms with Gasteiger partial charge < -0.3 is 5.32 Å². The van der Waals surface area contributed by atoms with E-state index in [1.54, 1.807) is 18.2 Å². The maximum Gasteiger partial charge on any atom is 0.447 e. The number of allylic oxidation sites excluding steroid dienone is 1. The van der Waals surface area contributed by atoms with Crippen LogP contribution in [0.25, 0.3) is 5.95 Å². The van der Waals surface area contributed by atoms with Crippen LogP contribution < -0.4 is 11.0 Å². The molecular weight excluding hydrogens is 337 g/mol.